The maximum absolute atomic E-state index is 13.1. The number of carbonyl (C=O) groups is 1. The molecule has 0 radical (unpaired) electrons. The van der Waals surface area contributed by atoms with E-state index in [-0.39, 0.29) is 16.5 Å². The number of ether oxygens (including phenoxy) is 1. The van der Waals surface area contributed by atoms with E-state index in [0.29, 0.717) is 6.07 Å². The Morgan fingerprint density at radius 3 is 2.48 bits per heavy atom. The van der Waals surface area contributed by atoms with E-state index < -0.39 is 41.4 Å². The van der Waals surface area contributed by atoms with Gasteiger partial charge in [-0.3, -0.25) is 4.79 Å². The average Bonchev–Trinajstić information content (AvgIpc) is 2.63. The molecule has 1 amide bonds. The Bertz CT molecular complexity index is 893. The summed E-state index contributed by atoms with van der Waals surface area (Å²) in [6, 6.07) is 5.95. The first-order valence-electron chi connectivity index (χ1n) is 7.83. The highest BCUT2D eigenvalue weighted by atomic mass is 35.5. The van der Waals surface area contributed by atoms with Gasteiger partial charge in [-0.1, -0.05) is 11.6 Å². The minimum atomic E-state index is -4.82. The molecular formula is C17H15ClF4N2O5. The first-order chi connectivity index (χ1) is 13.4. The smallest absolute Gasteiger partial charge is 0.418 e. The van der Waals surface area contributed by atoms with E-state index in [1.165, 1.54) is 6.07 Å². The van der Waals surface area contributed by atoms with Gasteiger partial charge in [0.15, 0.2) is 5.60 Å². The van der Waals surface area contributed by atoms with Crippen molar-refractivity contribution in [1.82, 2.24) is 0 Å². The summed E-state index contributed by atoms with van der Waals surface area (Å²) in [5.41, 5.74) is -2.60. The normalized spacial score (nSPS) is 13.5. The van der Waals surface area contributed by atoms with Crippen LogP contribution in [0.25, 0.3) is 0 Å². The summed E-state index contributed by atoms with van der Waals surface area (Å²) >= 11 is 5.60. The molecular weight excluding hydrogens is 424 g/mol. The number of hydrogen-bond acceptors (Lipinski definition) is 6. The molecule has 0 bridgehead atoms. The van der Waals surface area contributed by atoms with Gasteiger partial charge >= 0.3 is 6.18 Å². The molecule has 29 heavy (non-hydrogen) atoms. The van der Waals surface area contributed by atoms with Crippen LogP contribution in [0.15, 0.2) is 36.4 Å². The molecule has 0 aromatic heterocycles. The zero-order chi connectivity index (χ0) is 21.8. The van der Waals surface area contributed by atoms with Crippen LogP contribution < -0.4 is 15.5 Å². The standard InChI is InChI=1S/C17H15ClF4N2O5/c1-16(26,8-28-10-3-4-13(19)12(18)7-10)15(25)23-9-2-5-14(24-29-27)11(6-9)17(20,21)22/h2-7,24,26-27H,8H2,1H3,(H,23,25). The van der Waals surface area contributed by atoms with Gasteiger partial charge in [0.25, 0.3) is 5.91 Å². The van der Waals surface area contributed by atoms with Crippen LogP contribution in [0.1, 0.15) is 12.5 Å². The third-order valence-electron chi connectivity index (χ3n) is 3.64. The second-order valence-corrected chi connectivity index (χ2v) is 6.45. The summed E-state index contributed by atoms with van der Waals surface area (Å²) < 4.78 is 57.6. The van der Waals surface area contributed by atoms with Gasteiger partial charge in [0, 0.05) is 11.8 Å². The number of nitrogens with one attached hydrogen (secondary N) is 2. The Morgan fingerprint density at radius 2 is 1.90 bits per heavy atom. The summed E-state index contributed by atoms with van der Waals surface area (Å²) in [6.07, 6.45) is -4.82. The molecule has 0 fully saturated rings. The molecule has 2 rings (SSSR count). The molecule has 7 nitrogen and oxygen atoms in total. The van der Waals surface area contributed by atoms with E-state index >= 15 is 0 Å². The Morgan fingerprint density at radius 1 is 1.21 bits per heavy atom. The van der Waals surface area contributed by atoms with Gasteiger partial charge in [-0.05, 0) is 37.3 Å². The predicted octanol–water partition coefficient (Wildman–Crippen LogP) is 4.08. The van der Waals surface area contributed by atoms with Crippen LogP contribution in [-0.4, -0.2) is 28.5 Å². The van der Waals surface area contributed by atoms with Crippen molar-refractivity contribution in [2.75, 3.05) is 17.4 Å². The minimum absolute atomic E-state index is 0.0725. The molecule has 1 atom stereocenters. The lowest BCUT2D eigenvalue weighted by molar-refractivity contribution is -0.216. The molecule has 1 unspecified atom stereocenters. The first-order valence-corrected chi connectivity index (χ1v) is 8.21. The molecule has 12 heteroatoms. The van der Waals surface area contributed by atoms with Gasteiger partial charge < -0.3 is 15.2 Å². The van der Waals surface area contributed by atoms with Crippen LogP contribution in [0.5, 0.6) is 5.75 Å². The maximum Gasteiger partial charge on any atom is 0.418 e. The van der Waals surface area contributed by atoms with E-state index in [0.717, 1.165) is 31.2 Å². The molecule has 0 heterocycles. The molecule has 2 aromatic carbocycles. The van der Waals surface area contributed by atoms with Crippen LogP contribution in [-0.2, 0) is 16.0 Å². The third kappa shape index (κ3) is 5.94. The number of hydrogen-bond donors (Lipinski definition) is 4. The van der Waals surface area contributed by atoms with Crippen molar-refractivity contribution < 1.29 is 42.4 Å². The summed E-state index contributed by atoms with van der Waals surface area (Å²) in [4.78, 5) is 15.8. The number of alkyl halides is 3. The third-order valence-corrected chi connectivity index (χ3v) is 3.93. The minimum Gasteiger partial charge on any atom is -0.490 e. The maximum atomic E-state index is 13.1. The first kappa shape index (κ1) is 22.7. The van der Waals surface area contributed by atoms with Gasteiger partial charge in [-0.15, -0.1) is 4.99 Å². The number of rotatable bonds is 7. The van der Waals surface area contributed by atoms with Crippen molar-refractivity contribution >= 4 is 28.9 Å². The van der Waals surface area contributed by atoms with E-state index in [1.807, 2.05) is 0 Å². The van der Waals surface area contributed by atoms with Gasteiger partial charge in [0.1, 0.15) is 18.2 Å². The fraction of sp³-hybridized carbons (Fsp3) is 0.235. The number of benzene rings is 2. The molecule has 4 N–H and O–H groups in total. The van der Waals surface area contributed by atoms with Gasteiger partial charge in [-0.2, -0.15) is 13.2 Å². The molecule has 2 aromatic rings. The monoisotopic (exact) mass is 438 g/mol. The molecule has 0 saturated carbocycles. The topological polar surface area (TPSA) is 100 Å². The number of halogens is 5. The Kier molecular flexibility index (Phi) is 6.90. The summed E-state index contributed by atoms with van der Waals surface area (Å²) in [5.74, 6) is -1.67. The molecule has 158 valence electrons. The molecule has 0 aliphatic rings. The molecule has 0 spiro atoms. The molecule has 0 saturated heterocycles. The fourth-order valence-corrected chi connectivity index (χ4v) is 2.29. The lowest BCUT2D eigenvalue weighted by Crippen LogP contribution is -2.45. The van der Waals surface area contributed by atoms with Crippen LogP contribution >= 0.6 is 11.6 Å². The highest BCUT2D eigenvalue weighted by Crippen LogP contribution is 2.36. The largest absolute Gasteiger partial charge is 0.490 e. The second-order valence-electron chi connectivity index (χ2n) is 6.04. The zero-order valence-electron chi connectivity index (χ0n) is 14.7. The number of carbonyl (C=O) groups excluding carboxylic acids is 1. The van der Waals surface area contributed by atoms with Crippen molar-refractivity contribution in [1.29, 1.82) is 0 Å². The zero-order valence-corrected chi connectivity index (χ0v) is 15.4. The van der Waals surface area contributed by atoms with Crippen molar-refractivity contribution in [2.45, 2.75) is 18.7 Å². The Labute approximate surface area is 166 Å². The average molecular weight is 439 g/mol. The van der Waals surface area contributed by atoms with Gasteiger partial charge in [0.2, 0.25) is 0 Å². The Hall–Kier alpha value is -2.60. The highest BCUT2D eigenvalue weighted by Gasteiger charge is 2.35. The number of aliphatic hydroxyl groups is 1. The van der Waals surface area contributed by atoms with Crippen molar-refractivity contribution in [3.63, 3.8) is 0 Å². The predicted molar refractivity (Wildman–Crippen MR) is 94.9 cm³/mol. The van der Waals surface area contributed by atoms with Gasteiger partial charge in [0.05, 0.1) is 16.3 Å². The van der Waals surface area contributed by atoms with E-state index in [4.69, 9.17) is 21.6 Å². The Balaban J connectivity index is 2.12. The second kappa shape index (κ2) is 8.82. The van der Waals surface area contributed by atoms with Crippen LogP contribution in [0, 0.1) is 5.82 Å². The quantitative estimate of drug-likeness (QED) is 0.295. The number of amides is 1. The molecule has 0 aliphatic carbocycles. The summed E-state index contributed by atoms with van der Waals surface area (Å²) in [6.45, 7) is 0.485. The fourth-order valence-electron chi connectivity index (χ4n) is 2.12. The SMILES string of the molecule is CC(O)(COc1ccc(F)c(Cl)c1)C(=O)Nc1ccc(NOO)c(C(F)(F)F)c1. The lowest BCUT2D eigenvalue weighted by Gasteiger charge is -2.23. The lowest BCUT2D eigenvalue weighted by atomic mass is 10.1. The van der Waals surface area contributed by atoms with E-state index in [2.05, 4.69) is 10.3 Å². The van der Waals surface area contributed by atoms with Crippen molar-refractivity contribution in [3.8, 4) is 5.75 Å². The highest BCUT2D eigenvalue weighted by molar-refractivity contribution is 6.30. The van der Waals surface area contributed by atoms with Crippen LogP contribution in [0.3, 0.4) is 0 Å². The van der Waals surface area contributed by atoms with Gasteiger partial charge in [-0.25, -0.2) is 15.1 Å². The molecule has 0 aliphatic heterocycles. The van der Waals surface area contributed by atoms with E-state index in [1.54, 1.807) is 5.48 Å². The van der Waals surface area contributed by atoms with Crippen LogP contribution in [0.4, 0.5) is 28.9 Å². The summed E-state index contributed by atoms with van der Waals surface area (Å²) in [5, 5.41) is 20.5. The summed E-state index contributed by atoms with van der Waals surface area (Å²) in [7, 11) is 0. The van der Waals surface area contributed by atoms with Crippen molar-refractivity contribution in [2.24, 2.45) is 0 Å². The number of anilines is 2. The van der Waals surface area contributed by atoms with E-state index in [9.17, 15) is 27.5 Å². The van der Waals surface area contributed by atoms with Crippen LogP contribution in [0.2, 0.25) is 5.02 Å². The van der Waals surface area contributed by atoms with Crippen molar-refractivity contribution in [3.05, 3.63) is 52.8 Å².